The number of para-hydroxylation sites is 1. The van der Waals surface area contributed by atoms with Gasteiger partial charge in [0.1, 0.15) is 0 Å². The molecule has 0 spiro atoms. The van der Waals surface area contributed by atoms with Crippen LogP contribution in [0.15, 0.2) is 53.4 Å². The third-order valence-electron chi connectivity index (χ3n) is 3.00. The van der Waals surface area contributed by atoms with Crippen molar-refractivity contribution in [3.63, 3.8) is 0 Å². The summed E-state index contributed by atoms with van der Waals surface area (Å²) in [5.41, 5.74) is 7.80. The molecule has 0 aliphatic heterocycles. The number of benzene rings is 2. The van der Waals surface area contributed by atoms with Gasteiger partial charge < -0.3 is 5.73 Å². The maximum Gasteiger partial charge on any atom is 0.261 e. The topological polar surface area (TPSA) is 72.2 Å². The molecule has 21 heavy (non-hydrogen) atoms. The number of nitrogens with two attached hydrogens (primary N) is 1. The van der Waals surface area contributed by atoms with Crippen molar-refractivity contribution in [3.05, 3.63) is 59.7 Å². The molecule has 2 rings (SSSR count). The molecular formula is C15H16N2O2S2. The lowest BCUT2D eigenvalue weighted by Gasteiger charge is -2.10. The van der Waals surface area contributed by atoms with Crippen LogP contribution in [-0.2, 0) is 16.4 Å². The smallest absolute Gasteiger partial charge is 0.261 e. The summed E-state index contributed by atoms with van der Waals surface area (Å²) in [4.78, 5) is 0.584. The zero-order chi connectivity index (χ0) is 15.5. The average molecular weight is 320 g/mol. The van der Waals surface area contributed by atoms with Crippen LogP contribution in [0.1, 0.15) is 11.1 Å². The van der Waals surface area contributed by atoms with E-state index in [4.69, 9.17) is 18.0 Å². The van der Waals surface area contributed by atoms with Crippen LogP contribution in [0.2, 0.25) is 0 Å². The summed E-state index contributed by atoms with van der Waals surface area (Å²) in [7, 11) is -3.60. The van der Waals surface area contributed by atoms with Crippen molar-refractivity contribution < 1.29 is 8.42 Å². The number of rotatable bonds is 5. The Bertz CT molecular complexity index is 753. The van der Waals surface area contributed by atoms with E-state index in [0.29, 0.717) is 17.1 Å². The Morgan fingerprint density at radius 2 is 1.76 bits per heavy atom. The van der Waals surface area contributed by atoms with Crippen LogP contribution < -0.4 is 10.5 Å². The zero-order valence-electron chi connectivity index (χ0n) is 11.5. The molecule has 0 aliphatic carbocycles. The van der Waals surface area contributed by atoms with Crippen LogP contribution in [0.25, 0.3) is 0 Å². The summed E-state index contributed by atoms with van der Waals surface area (Å²) < 4.78 is 27.2. The highest BCUT2D eigenvalue weighted by molar-refractivity contribution is 7.92. The predicted octanol–water partition coefficient (Wildman–Crippen LogP) is 2.62. The Hall–Kier alpha value is -1.92. The number of thiocarbonyl (C=S) groups is 1. The molecule has 6 heteroatoms. The molecule has 0 heterocycles. The van der Waals surface area contributed by atoms with Crippen LogP contribution in [0.3, 0.4) is 0 Å². The van der Waals surface area contributed by atoms with Crippen LogP contribution >= 0.6 is 12.2 Å². The molecule has 110 valence electrons. The second-order valence-corrected chi connectivity index (χ2v) is 6.91. The van der Waals surface area contributed by atoms with Gasteiger partial charge in [-0.15, -0.1) is 0 Å². The third kappa shape index (κ3) is 4.03. The van der Waals surface area contributed by atoms with Gasteiger partial charge in [0, 0.05) is 6.42 Å². The molecule has 0 unspecified atom stereocenters. The van der Waals surface area contributed by atoms with E-state index in [9.17, 15) is 8.42 Å². The summed E-state index contributed by atoms with van der Waals surface area (Å²) in [6.07, 6.45) is 0.459. The Balaban J connectivity index is 2.24. The molecule has 2 aromatic carbocycles. The Kier molecular flexibility index (Phi) is 4.59. The van der Waals surface area contributed by atoms with E-state index in [1.165, 1.54) is 0 Å². The van der Waals surface area contributed by atoms with Gasteiger partial charge in [0.15, 0.2) is 0 Å². The molecule has 0 aromatic heterocycles. The fourth-order valence-electron chi connectivity index (χ4n) is 1.88. The summed E-state index contributed by atoms with van der Waals surface area (Å²) in [5, 5.41) is 0. The van der Waals surface area contributed by atoms with Gasteiger partial charge in [0.25, 0.3) is 10.0 Å². The van der Waals surface area contributed by atoms with Gasteiger partial charge >= 0.3 is 0 Å². The zero-order valence-corrected chi connectivity index (χ0v) is 13.2. The summed E-state index contributed by atoms with van der Waals surface area (Å²) >= 11 is 4.83. The van der Waals surface area contributed by atoms with E-state index in [0.717, 1.165) is 11.1 Å². The molecule has 0 atom stereocenters. The minimum Gasteiger partial charge on any atom is -0.393 e. The number of hydrogen-bond donors (Lipinski definition) is 2. The summed E-state index contributed by atoms with van der Waals surface area (Å²) in [6.45, 7) is 1.85. The first-order chi connectivity index (χ1) is 9.88. The second-order valence-electron chi connectivity index (χ2n) is 4.71. The van der Waals surface area contributed by atoms with E-state index < -0.39 is 10.0 Å². The molecule has 0 amide bonds. The van der Waals surface area contributed by atoms with Gasteiger partial charge in [0.05, 0.1) is 15.6 Å². The van der Waals surface area contributed by atoms with Crippen molar-refractivity contribution in [2.75, 3.05) is 4.72 Å². The Labute approximate surface area is 130 Å². The molecule has 0 fully saturated rings. The fourth-order valence-corrected chi connectivity index (χ4v) is 3.18. The Morgan fingerprint density at radius 1 is 1.14 bits per heavy atom. The molecule has 0 bridgehead atoms. The molecule has 0 saturated carbocycles. The molecule has 0 saturated heterocycles. The van der Waals surface area contributed by atoms with Gasteiger partial charge in [-0.3, -0.25) is 4.72 Å². The van der Waals surface area contributed by atoms with Crippen LogP contribution in [0.5, 0.6) is 0 Å². The highest BCUT2D eigenvalue weighted by Gasteiger charge is 2.14. The first kappa shape index (κ1) is 15.5. The Morgan fingerprint density at radius 3 is 2.33 bits per heavy atom. The average Bonchev–Trinajstić information content (AvgIpc) is 2.41. The second kappa shape index (κ2) is 6.24. The van der Waals surface area contributed by atoms with Crippen molar-refractivity contribution in [1.82, 2.24) is 0 Å². The predicted molar refractivity (Wildman–Crippen MR) is 88.9 cm³/mol. The molecule has 0 radical (unpaired) electrons. The van der Waals surface area contributed by atoms with Gasteiger partial charge in [0.2, 0.25) is 0 Å². The number of hydrogen-bond acceptors (Lipinski definition) is 3. The molecular weight excluding hydrogens is 304 g/mol. The number of sulfonamides is 1. The first-order valence-electron chi connectivity index (χ1n) is 6.34. The van der Waals surface area contributed by atoms with Gasteiger partial charge in [-0.25, -0.2) is 8.42 Å². The van der Waals surface area contributed by atoms with E-state index >= 15 is 0 Å². The van der Waals surface area contributed by atoms with Crippen LogP contribution in [0.4, 0.5) is 5.69 Å². The minimum absolute atomic E-state index is 0.206. The largest absolute Gasteiger partial charge is 0.393 e. The molecule has 3 N–H and O–H groups in total. The highest BCUT2D eigenvalue weighted by Crippen LogP contribution is 2.19. The van der Waals surface area contributed by atoms with Crippen molar-refractivity contribution in [2.24, 2.45) is 5.73 Å². The fraction of sp³-hybridized carbons (Fsp3) is 0.133. The van der Waals surface area contributed by atoms with Crippen LogP contribution in [-0.4, -0.2) is 13.4 Å². The van der Waals surface area contributed by atoms with Gasteiger partial charge in [-0.05, 0) is 36.2 Å². The molecule has 0 aliphatic rings. The van der Waals surface area contributed by atoms with Crippen molar-refractivity contribution >= 4 is 32.9 Å². The van der Waals surface area contributed by atoms with E-state index in [1.54, 1.807) is 36.4 Å². The molecule has 4 nitrogen and oxygen atoms in total. The van der Waals surface area contributed by atoms with Crippen molar-refractivity contribution in [3.8, 4) is 0 Å². The third-order valence-corrected chi connectivity index (χ3v) is 4.53. The van der Waals surface area contributed by atoms with E-state index in [-0.39, 0.29) is 4.90 Å². The van der Waals surface area contributed by atoms with Gasteiger partial charge in [-0.1, -0.05) is 42.5 Å². The maximum absolute atomic E-state index is 12.3. The lowest BCUT2D eigenvalue weighted by molar-refractivity contribution is 0.601. The lowest BCUT2D eigenvalue weighted by atomic mass is 10.1. The SMILES string of the molecule is Cc1ccccc1NS(=O)(=O)c1ccc(CC(N)=S)cc1. The first-order valence-corrected chi connectivity index (χ1v) is 8.23. The van der Waals surface area contributed by atoms with Gasteiger partial charge in [-0.2, -0.15) is 0 Å². The number of nitrogens with one attached hydrogen (secondary N) is 1. The molecule has 2 aromatic rings. The monoisotopic (exact) mass is 320 g/mol. The summed E-state index contributed by atoms with van der Waals surface area (Å²) in [6, 6.07) is 13.8. The maximum atomic E-state index is 12.3. The van der Waals surface area contributed by atoms with Crippen molar-refractivity contribution in [2.45, 2.75) is 18.2 Å². The van der Waals surface area contributed by atoms with Crippen LogP contribution in [0, 0.1) is 6.92 Å². The van der Waals surface area contributed by atoms with Crippen molar-refractivity contribution in [1.29, 1.82) is 0 Å². The minimum atomic E-state index is -3.60. The van der Waals surface area contributed by atoms with E-state index in [1.807, 2.05) is 19.1 Å². The lowest BCUT2D eigenvalue weighted by Crippen LogP contribution is -2.14. The normalized spacial score (nSPS) is 11.1. The number of anilines is 1. The van der Waals surface area contributed by atoms with E-state index in [2.05, 4.69) is 4.72 Å². The highest BCUT2D eigenvalue weighted by atomic mass is 32.2. The summed E-state index contributed by atoms with van der Waals surface area (Å²) in [5.74, 6) is 0. The quantitative estimate of drug-likeness (QED) is 0.831. The standard InChI is InChI=1S/C15H16N2O2S2/c1-11-4-2-3-5-14(11)17-21(18,19)13-8-6-12(7-9-13)10-15(16)20/h2-9,17H,10H2,1H3,(H2,16,20). The number of aryl methyl sites for hydroxylation is 1.